The molecule has 0 amide bonds. The van der Waals surface area contributed by atoms with Gasteiger partial charge in [0.25, 0.3) is 0 Å². The molecule has 17 heavy (non-hydrogen) atoms. The topological polar surface area (TPSA) is 15.3 Å². The molecule has 1 heterocycles. The summed E-state index contributed by atoms with van der Waals surface area (Å²) < 4.78 is 0. The third kappa shape index (κ3) is 3.21. The molecule has 1 fully saturated rings. The van der Waals surface area contributed by atoms with Gasteiger partial charge in [-0.1, -0.05) is 43.6 Å². The first-order chi connectivity index (χ1) is 8.18. The molecule has 0 radical (unpaired) electrons. The molecule has 1 saturated heterocycles. The molecule has 0 aromatic heterocycles. The lowest BCUT2D eigenvalue weighted by Crippen LogP contribution is -2.47. The van der Waals surface area contributed by atoms with E-state index in [9.17, 15) is 0 Å². The second-order valence-corrected chi connectivity index (χ2v) is 5.54. The third-order valence-corrected chi connectivity index (χ3v) is 3.56. The molecule has 94 valence electrons. The van der Waals surface area contributed by atoms with Crippen molar-refractivity contribution >= 4 is 11.6 Å². The summed E-state index contributed by atoms with van der Waals surface area (Å²) in [6, 6.07) is 8.62. The number of benzene rings is 1. The van der Waals surface area contributed by atoms with E-state index < -0.39 is 0 Å². The van der Waals surface area contributed by atoms with Gasteiger partial charge >= 0.3 is 0 Å². The molecule has 1 aliphatic rings. The van der Waals surface area contributed by atoms with Crippen LogP contribution in [0.5, 0.6) is 0 Å². The predicted octanol–water partition coefficient (Wildman–Crippen LogP) is 2.94. The molecule has 2 rings (SSSR count). The van der Waals surface area contributed by atoms with Crippen LogP contribution in [0.15, 0.2) is 24.3 Å². The summed E-state index contributed by atoms with van der Waals surface area (Å²) >= 11 is 6.30. The van der Waals surface area contributed by atoms with E-state index in [-0.39, 0.29) is 0 Å². The van der Waals surface area contributed by atoms with E-state index >= 15 is 0 Å². The molecule has 1 atom stereocenters. The normalized spacial score (nSPS) is 22.0. The van der Waals surface area contributed by atoms with Gasteiger partial charge in [-0.15, -0.1) is 0 Å². The van der Waals surface area contributed by atoms with Crippen molar-refractivity contribution < 1.29 is 0 Å². The maximum Gasteiger partial charge on any atom is 0.0488 e. The number of nitrogens with one attached hydrogen (secondary N) is 1. The minimum atomic E-state index is 0.417. The second kappa shape index (κ2) is 5.85. The van der Waals surface area contributed by atoms with Crippen LogP contribution in [0, 0.1) is 5.92 Å². The Morgan fingerprint density at radius 2 is 2.18 bits per heavy atom. The Kier molecular flexibility index (Phi) is 4.43. The van der Waals surface area contributed by atoms with E-state index in [0.29, 0.717) is 12.0 Å². The molecule has 0 bridgehead atoms. The first kappa shape index (κ1) is 12.9. The van der Waals surface area contributed by atoms with Crippen molar-refractivity contribution in [2.45, 2.75) is 19.9 Å². The molecule has 1 N–H and O–H groups in total. The number of rotatable bonds is 3. The number of nitrogens with zero attached hydrogens (tertiary/aromatic N) is 1. The molecule has 3 heteroatoms. The van der Waals surface area contributed by atoms with Crippen molar-refractivity contribution in [2.75, 3.05) is 26.2 Å². The van der Waals surface area contributed by atoms with Gasteiger partial charge in [0.15, 0.2) is 0 Å². The molecule has 1 aromatic carbocycles. The largest absolute Gasteiger partial charge is 0.314 e. The zero-order valence-electron chi connectivity index (χ0n) is 10.6. The van der Waals surface area contributed by atoms with Gasteiger partial charge in [-0.05, 0) is 17.5 Å². The monoisotopic (exact) mass is 252 g/mol. The molecular formula is C14H21ClN2. The number of hydrogen-bond donors (Lipinski definition) is 1. The number of halogens is 1. The molecule has 1 unspecified atom stereocenters. The zero-order valence-corrected chi connectivity index (χ0v) is 11.4. The number of piperazine rings is 1. The van der Waals surface area contributed by atoms with Crippen LogP contribution in [0.4, 0.5) is 0 Å². The van der Waals surface area contributed by atoms with Gasteiger partial charge in [-0.2, -0.15) is 0 Å². The molecule has 0 saturated carbocycles. The van der Waals surface area contributed by atoms with E-state index in [2.05, 4.69) is 36.2 Å². The fourth-order valence-electron chi connectivity index (χ4n) is 2.49. The molecular weight excluding hydrogens is 232 g/mol. The second-order valence-electron chi connectivity index (χ2n) is 5.13. The van der Waals surface area contributed by atoms with Gasteiger partial charge < -0.3 is 5.32 Å². The Morgan fingerprint density at radius 1 is 1.41 bits per heavy atom. The Morgan fingerprint density at radius 3 is 2.88 bits per heavy atom. The van der Waals surface area contributed by atoms with Gasteiger partial charge in [-0.3, -0.25) is 4.90 Å². The lowest BCUT2D eigenvalue weighted by atomic mass is 10.0. The molecule has 0 spiro atoms. The van der Waals surface area contributed by atoms with Gasteiger partial charge in [0.05, 0.1) is 0 Å². The highest BCUT2D eigenvalue weighted by atomic mass is 35.5. The quantitative estimate of drug-likeness (QED) is 0.890. The van der Waals surface area contributed by atoms with E-state index in [1.165, 1.54) is 5.56 Å². The van der Waals surface area contributed by atoms with Crippen molar-refractivity contribution in [3.8, 4) is 0 Å². The van der Waals surface area contributed by atoms with Crippen molar-refractivity contribution in [3.05, 3.63) is 34.9 Å². The minimum Gasteiger partial charge on any atom is -0.314 e. The lowest BCUT2D eigenvalue weighted by molar-refractivity contribution is 0.145. The van der Waals surface area contributed by atoms with Crippen LogP contribution < -0.4 is 5.32 Å². The van der Waals surface area contributed by atoms with Gasteiger partial charge in [0.2, 0.25) is 0 Å². The van der Waals surface area contributed by atoms with E-state index in [4.69, 9.17) is 11.6 Å². The van der Waals surface area contributed by atoms with Crippen LogP contribution in [0.25, 0.3) is 0 Å². The SMILES string of the molecule is CC(C)CN1CCNCC1c1ccccc1Cl. The van der Waals surface area contributed by atoms with Crippen molar-refractivity contribution in [3.63, 3.8) is 0 Å². The van der Waals surface area contributed by atoms with E-state index in [0.717, 1.165) is 31.2 Å². The molecule has 2 nitrogen and oxygen atoms in total. The third-order valence-electron chi connectivity index (χ3n) is 3.22. The van der Waals surface area contributed by atoms with Crippen LogP contribution in [-0.2, 0) is 0 Å². The Bertz CT molecular complexity index is 365. The summed E-state index contributed by atoms with van der Waals surface area (Å²) in [7, 11) is 0. The summed E-state index contributed by atoms with van der Waals surface area (Å²) in [4.78, 5) is 2.54. The predicted molar refractivity (Wildman–Crippen MR) is 73.5 cm³/mol. The van der Waals surface area contributed by atoms with Crippen molar-refractivity contribution in [1.82, 2.24) is 10.2 Å². The minimum absolute atomic E-state index is 0.417. The number of hydrogen-bond acceptors (Lipinski definition) is 2. The van der Waals surface area contributed by atoms with Crippen LogP contribution in [0.3, 0.4) is 0 Å². The van der Waals surface area contributed by atoms with Crippen LogP contribution in [-0.4, -0.2) is 31.1 Å². The highest BCUT2D eigenvalue weighted by Gasteiger charge is 2.25. The van der Waals surface area contributed by atoms with Crippen molar-refractivity contribution in [2.24, 2.45) is 5.92 Å². The zero-order chi connectivity index (χ0) is 12.3. The molecule has 1 aliphatic heterocycles. The van der Waals surface area contributed by atoms with Gasteiger partial charge in [0.1, 0.15) is 0 Å². The molecule has 0 aliphatic carbocycles. The summed E-state index contributed by atoms with van der Waals surface area (Å²) in [6.45, 7) is 8.85. The summed E-state index contributed by atoms with van der Waals surface area (Å²) in [6.07, 6.45) is 0. The van der Waals surface area contributed by atoms with Gasteiger partial charge in [0, 0.05) is 37.2 Å². The Labute approximate surface area is 109 Å². The highest BCUT2D eigenvalue weighted by molar-refractivity contribution is 6.31. The summed E-state index contributed by atoms with van der Waals surface area (Å²) in [5.74, 6) is 0.693. The van der Waals surface area contributed by atoms with Gasteiger partial charge in [-0.25, -0.2) is 0 Å². The fourth-order valence-corrected chi connectivity index (χ4v) is 2.75. The summed E-state index contributed by atoms with van der Waals surface area (Å²) in [5, 5.41) is 4.35. The average molecular weight is 253 g/mol. The fraction of sp³-hybridized carbons (Fsp3) is 0.571. The first-order valence-corrected chi connectivity index (χ1v) is 6.75. The van der Waals surface area contributed by atoms with Crippen LogP contribution in [0.1, 0.15) is 25.5 Å². The van der Waals surface area contributed by atoms with E-state index in [1.807, 2.05) is 12.1 Å². The lowest BCUT2D eigenvalue weighted by Gasteiger charge is -2.37. The maximum atomic E-state index is 6.30. The van der Waals surface area contributed by atoms with E-state index in [1.54, 1.807) is 0 Å². The Hall–Kier alpha value is -0.570. The average Bonchev–Trinajstić information content (AvgIpc) is 2.30. The standard InChI is InChI=1S/C14H21ClN2/c1-11(2)10-17-8-7-16-9-14(17)12-5-3-4-6-13(12)15/h3-6,11,14,16H,7-10H2,1-2H3. The first-order valence-electron chi connectivity index (χ1n) is 6.37. The van der Waals surface area contributed by atoms with Crippen molar-refractivity contribution in [1.29, 1.82) is 0 Å². The smallest absolute Gasteiger partial charge is 0.0488 e. The Balaban J connectivity index is 2.19. The highest BCUT2D eigenvalue weighted by Crippen LogP contribution is 2.28. The maximum absolute atomic E-state index is 6.30. The molecule has 1 aromatic rings. The summed E-state index contributed by atoms with van der Waals surface area (Å²) in [5.41, 5.74) is 1.25. The van der Waals surface area contributed by atoms with Crippen LogP contribution >= 0.6 is 11.6 Å². The van der Waals surface area contributed by atoms with Crippen LogP contribution in [0.2, 0.25) is 5.02 Å².